The van der Waals surface area contributed by atoms with Crippen LogP contribution in [0.5, 0.6) is 5.75 Å². The van der Waals surface area contributed by atoms with E-state index in [1.807, 2.05) is 42.5 Å². The minimum atomic E-state index is -5.08. The molecule has 1 unspecified atom stereocenters. The van der Waals surface area contributed by atoms with Crippen LogP contribution in [0.15, 0.2) is 60.9 Å². The van der Waals surface area contributed by atoms with Crippen LogP contribution >= 0.6 is 0 Å². The van der Waals surface area contributed by atoms with Crippen LogP contribution in [0.3, 0.4) is 0 Å². The number of pyridine rings is 1. The number of carboxylic acid groups (broad SMARTS) is 2. The molecular formula is C30H29F4N5O5. The summed E-state index contributed by atoms with van der Waals surface area (Å²) in [6, 6.07) is 16.3. The number of anilines is 2. The first kappa shape index (κ1) is 33.2. The number of benzene rings is 2. The molecule has 4 aromatic rings. The number of hydrogen-bond acceptors (Lipinski definition) is 7. The predicted octanol–water partition coefficient (Wildman–Crippen LogP) is 5.76. The summed E-state index contributed by atoms with van der Waals surface area (Å²) in [7, 11) is 3.45. The molecule has 0 saturated heterocycles. The van der Waals surface area contributed by atoms with E-state index in [4.69, 9.17) is 14.6 Å². The van der Waals surface area contributed by atoms with E-state index in [9.17, 15) is 28.3 Å². The molecule has 0 amide bonds. The van der Waals surface area contributed by atoms with E-state index >= 15 is 4.39 Å². The summed E-state index contributed by atoms with van der Waals surface area (Å²) in [6.45, 7) is 1.21. The highest BCUT2D eigenvalue weighted by Gasteiger charge is 2.38. The van der Waals surface area contributed by atoms with Gasteiger partial charge in [-0.1, -0.05) is 12.1 Å². The van der Waals surface area contributed by atoms with E-state index in [1.165, 1.54) is 0 Å². The van der Waals surface area contributed by atoms with E-state index in [-0.39, 0.29) is 17.5 Å². The summed E-state index contributed by atoms with van der Waals surface area (Å²) in [5, 5.41) is 30.3. The van der Waals surface area contributed by atoms with E-state index in [0.29, 0.717) is 30.2 Å². The van der Waals surface area contributed by atoms with Gasteiger partial charge in [-0.25, -0.2) is 14.2 Å². The van der Waals surface area contributed by atoms with Gasteiger partial charge in [0.25, 0.3) is 0 Å². The van der Waals surface area contributed by atoms with Crippen LogP contribution < -0.4 is 15.0 Å². The third-order valence-corrected chi connectivity index (χ3v) is 6.36. The van der Waals surface area contributed by atoms with E-state index < -0.39 is 29.9 Å². The van der Waals surface area contributed by atoms with E-state index in [2.05, 4.69) is 15.3 Å². The SMILES string of the molecule is CN(C)c1ccc(C(CC(=O)O)c2c[nH]c3cc(OCCCNc4ccccn4)ccc23)c(F)c1C#N.O=C(O)C(F)(F)F. The largest absolute Gasteiger partial charge is 0.493 e. The summed E-state index contributed by atoms with van der Waals surface area (Å²) < 4.78 is 53.1. The van der Waals surface area contributed by atoms with Crippen LogP contribution in [0.1, 0.15) is 35.4 Å². The van der Waals surface area contributed by atoms with Crippen molar-refractivity contribution in [2.45, 2.75) is 24.9 Å². The number of aromatic nitrogens is 2. The minimum absolute atomic E-state index is 0.106. The standard InChI is InChI=1S/C28H28FN5O3.C2HF3O2/c1-34(2)25-10-9-20(28(29)22(25)16-30)21(15-27(35)36)23-17-33-24-14-18(7-8-19(23)24)37-13-5-12-32-26-6-3-4-11-31-26;3-2(4,5)1(6)7/h3-4,6-11,14,17,21,33H,5,12-13,15H2,1-2H3,(H,31,32)(H,35,36);(H,6,7). The Morgan fingerprint density at radius 1 is 1.14 bits per heavy atom. The molecule has 0 aliphatic carbocycles. The highest BCUT2D eigenvalue weighted by molar-refractivity contribution is 5.86. The molecule has 0 fully saturated rings. The number of carboxylic acids is 2. The Morgan fingerprint density at radius 3 is 2.45 bits per heavy atom. The van der Waals surface area contributed by atoms with Crippen LogP contribution in [0.4, 0.5) is 29.1 Å². The number of aliphatic carboxylic acids is 2. The molecule has 44 heavy (non-hydrogen) atoms. The lowest BCUT2D eigenvalue weighted by Crippen LogP contribution is -2.21. The highest BCUT2D eigenvalue weighted by atomic mass is 19.4. The van der Waals surface area contributed by atoms with E-state index in [0.717, 1.165) is 23.1 Å². The average Bonchev–Trinajstić information content (AvgIpc) is 3.39. The third-order valence-electron chi connectivity index (χ3n) is 6.36. The minimum Gasteiger partial charge on any atom is -0.493 e. The van der Waals surface area contributed by atoms with E-state index in [1.54, 1.807) is 43.5 Å². The molecule has 2 aromatic heterocycles. The van der Waals surface area contributed by atoms with Gasteiger partial charge in [0, 0.05) is 55.9 Å². The fourth-order valence-corrected chi connectivity index (χ4v) is 4.34. The Bertz CT molecular complexity index is 1630. The van der Waals surface area contributed by atoms with Crippen molar-refractivity contribution >= 4 is 34.3 Å². The second kappa shape index (κ2) is 14.7. The molecule has 0 spiro atoms. The Kier molecular flexibility index (Phi) is 11.1. The van der Waals surface area contributed by atoms with Crippen LogP contribution in [0.25, 0.3) is 10.9 Å². The molecule has 0 aliphatic heterocycles. The number of fused-ring (bicyclic) bond motifs is 1. The van der Waals surface area contributed by atoms with Gasteiger partial charge in [-0.2, -0.15) is 18.4 Å². The van der Waals surface area contributed by atoms with Crippen molar-refractivity contribution in [1.82, 2.24) is 9.97 Å². The van der Waals surface area contributed by atoms with Gasteiger partial charge >= 0.3 is 18.1 Å². The number of ether oxygens (including phenoxy) is 1. The van der Waals surface area contributed by atoms with Gasteiger partial charge in [0.05, 0.1) is 18.7 Å². The molecule has 2 heterocycles. The maximum absolute atomic E-state index is 15.5. The normalized spacial score (nSPS) is 11.6. The fraction of sp³-hybridized carbons (Fsp3) is 0.267. The van der Waals surface area contributed by atoms with Gasteiger partial charge in [-0.15, -0.1) is 0 Å². The number of nitriles is 1. The molecule has 10 nitrogen and oxygen atoms in total. The number of aromatic amines is 1. The topological polar surface area (TPSA) is 152 Å². The Balaban J connectivity index is 0.000000676. The lowest BCUT2D eigenvalue weighted by Gasteiger charge is -2.20. The zero-order chi connectivity index (χ0) is 32.4. The first-order chi connectivity index (χ1) is 20.8. The summed E-state index contributed by atoms with van der Waals surface area (Å²) in [6.07, 6.45) is -1.20. The number of nitrogens with zero attached hydrogens (tertiary/aromatic N) is 3. The first-order valence-electron chi connectivity index (χ1n) is 13.1. The molecule has 14 heteroatoms. The zero-order valence-electron chi connectivity index (χ0n) is 23.7. The van der Waals surface area contributed by atoms with Crippen LogP contribution in [-0.2, 0) is 9.59 Å². The van der Waals surface area contributed by atoms with Gasteiger partial charge in [-0.05, 0) is 47.9 Å². The van der Waals surface area contributed by atoms with Gasteiger partial charge in [-0.3, -0.25) is 4.79 Å². The lowest BCUT2D eigenvalue weighted by atomic mass is 9.86. The summed E-state index contributed by atoms with van der Waals surface area (Å²) in [4.78, 5) is 29.7. The molecule has 0 radical (unpaired) electrons. The van der Waals surface area contributed by atoms with Crippen molar-refractivity contribution in [3.63, 3.8) is 0 Å². The van der Waals surface area contributed by atoms with Crippen molar-refractivity contribution in [1.29, 1.82) is 5.26 Å². The molecule has 2 aromatic carbocycles. The van der Waals surface area contributed by atoms with Gasteiger partial charge < -0.3 is 30.2 Å². The Hall–Kier alpha value is -5.32. The maximum Gasteiger partial charge on any atom is 0.490 e. The maximum atomic E-state index is 15.5. The van der Waals surface area contributed by atoms with Crippen LogP contribution in [0.2, 0.25) is 0 Å². The summed E-state index contributed by atoms with van der Waals surface area (Å²) in [5.74, 6) is -3.82. The van der Waals surface area contributed by atoms with Crippen LogP contribution in [0, 0.1) is 17.1 Å². The number of nitrogens with one attached hydrogen (secondary N) is 2. The highest BCUT2D eigenvalue weighted by Crippen LogP contribution is 2.38. The van der Waals surface area contributed by atoms with Crippen molar-refractivity contribution in [3.8, 4) is 11.8 Å². The first-order valence-corrected chi connectivity index (χ1v) is 13.1. The average molecular weight is 616 g/mol. The lowest BCUT2D eigenvalue weighted by molar-refractivity contribution is -0.192. The van der Waals surface area contributed by atoms with Crippen molar-refractivity contribution in [2.24, 2.45) is 0 Å². The number of carbonyl (C=O) groups is 2. The number of halogens is 4. The van der Waals surface area contributed by atoms with Gasteiger partial charge in [0.1, 0.15) is 29.0 Å². The predicted molar refractivity (Wildman–Crippen MR) is 154 cm³/mol. The molecule has 0 bridgehead atoms. The second-order valence-electron chi connectivity index (χ2n) is 9.62. The van der Waals surface area contributed by atoms with Crippen molar-refractivity contribution in [3.05, 3.63) is 83.4 Å². The van der Waals surface area contributed by atoms with Crippen molar-refractivity contribution in [2.75, 3.05) is 37.5 Å². The number of rotatable bonds is 11. The third kappa shape index (κ3) is 8.60. The molecule has 4 rings (SSSR count). The summed E-state index contributed by atoms with van der Waals surface area (Å²) in [5.41, 5.74) is 1.90. The molecule has 4 N–H and O–H groups in total. The Labute approximate surface area is 249 Å². The molecule has 0 aliphatic rings. The molecular weight excluding hydrogens is 586 g/mol. The summed E-state index contributed by atoms with van der Waals surface area (Å²) >= 11 is 0. The Morgan fingerprint density at radius 2 is 1.86 bits per heavy atom. The van der Waals surface area contributed by atoms with Gasteiger partial charge in [0.2, 0.25) is 0 Å². The molecule has 1 atom stereocenters. The number of H-pyrrole nitrogens is 1. The van der Waals surface area contributed by atoms with Crippen molar-refractivity contribution < 1.29 is 42.1 Å². The second-order valence-corrected chi connectivity index (χ2v) is 9.62. The monoisotopic (exact) mass is 615 g/mol. The van der Waals surface area contributed by atoms with Crippen LogP contribution in [-0.4, -0.2) is 65.5 Å². The number of hydrogen-bond donors (Lipinski definition) is 4. The fourth-order valence-electron chi connectivity index (χ4n) is 4.34. The molecule has 232 valence electrons. The quantitative estimate of drug-likeness (QED) is 0.122. The van der Waals surface area contributed by atoms with Gasteiger partial charge in [0.15, 0.2) is 0 Å². The zero-order valence-corrected chi connectivity index (χ0v) is 23.7. The molecule has 0 saturated carbocycles. The smallest absolute Gasteiger partial charge is 0.490 e. The number of alkyl halides is 3.